The van der Waals surface area contributed by atoms with Crippen LogP contribution >= 0.6 is 0 Å². The third kappa shape index (κ3) is 3.93. The molecule has 0 aliphatic rings. The molecule has 1 aromatic rings. The van der Waals surface area contributed by atoms with Crippen molar-refractivity contribution in [1.82, 2.24) is 4.90 Å². The summed E-state index contributed by atoms with van der Waals surface area (Å²) in [6.45, 7) is 8.15. The summed E-state index contributed by atoms with van der Waals surface area (Å²) in [4.78, 5) is 13.8. The molecule has 0 fully saturated rings. The minimum Gasteiger partial charge on any atom is -0.480 e. The maximum absolute atomic E-state index is 13.3. The number of aliphatic hydroxyl groups excluding tert-OH is 1. The Morgan fingerprint density at radius 3 is 2.45 bits per heavy atom. The van der Waals surface area contributed by atoms with Gasteiger partial charge in [-0.2, -0.15) is 0 Å². The second kappa shape index (κ2) is 7.24. The summed E-state index contributed by atoms with van der Waals surface area (Å²) in [6, 6.07) is 3.91. The molecule has 2 atom stereocenters. The van der Waals surface area contributed by atoms with Crippen LogP contribution in [0.3, 0.4) is 0 Å². The molecular formula is C15H22FNO3. The summed E-state index contributed by atoms with van der Waals surface area (Å²) in [5.41, 5.74) is 0.464. The molecule has 1 rings (SSSR count). The maximum Gasteiger partial charge on any atom is 0.263 e. The van der Waals surface area contributed by atoms with Crippen LogP contribution in [0.4, 0.5) is 4.39 Å². The van der Waals surface area contributed by atoms with Crippen molar-refractivity contribution in [3.05, 3.63) is 29.6 Å². The minimum absolute atomic E-state index is 0.157. The highest BCUT2D eigenvalue weighted by Crippen LogP contribution is 2.27. The van der Waals surface area contributed by atoms with Gasteiger partial charge in [0.2, 0.25) is 0 Å². The zero-order valence-corrected chi connectivity index (χ0v) is 12.4. The van der Waals surface area contributed by atoms with Crippen molar-refractivity contribution in [2.75, 3.05) is 13.1 Å². The van der Waals surface area contributed by atoms with Crippen LogP contribution in [0.15, 0.2) is 18.2 Å². The van der Waals surface area contributed by atoms with E-state index in [1.807, 2.05) is 13.8 Å². The van der Waals surface area contributed by atoms with Crippen LogP contribution in [0.5, 0.6) is 5.75 Å². The molecule has 0 aromatic heterocycles. The van der Waals surface area contributed by atoms with Gasteiger partial charge < -0.3 is 14.7 Å². The van der Waals surface area contributed by atoms with E-state index in [1.54, 1.807) is 18.7 Å². The van der Waals surface area contributed by atoms with Gasteiger partial charge >= 0.3 is 0 Å². The van der Waals surface area contributed by atoms with Crippen LogP contribution in [0.2, 0.25) is 0 Å². The first kappa shape index (κ1) is 16.4. The lowest BCUT2D eigenvalue weighted by molar-refractivity contribution is -0.137. The van der Waals surface area contributed by atoms with E-state index in [0.717, 1.165) is 0 Å². The van der Waals surface area contributed by atoms with Gasteiger partial charge in [-0.25, -0.2) is 4.39 Å². The Balaban J connectivity index is 2.92. The summed E-state index contributed by atoms with van der Waals surface area (Å²) in [6.07, 6.45) is -1.52. The van der Waals surface area contributed by atoms with Gasteiger partial charge in [0, 0.05) is 24.7 Å². The maximum atomic E-state index is 13.3. The van der Waals surface area contributed by atoms with E-state index in [4.69, 9.17) is 4.74 Å². The highest BCUT2D eigenvalue weighted by molar-refractivity contribution is 5.80. The van der Waals surface area contributed by atoms with E-state index in [9.17, 15) is 14.3 Å². The second-order valence-corrected chi connectivity index (χ2v) is 4.63. The first-order valence-corrected chi connectivity index (χ1v) is 6.83. The van der Waals surface area contributed by atoms with Crippen molar-refractivity contribution in [3.63, 3.8) is 0 Å². The molecule has 0 heterocycles. The second-order valence-electron chi connectivity index (χ2n) is 4.63. The van der Waals surface area contributed by atoms with Crippen LogP contribution in [0.25, 0.3) is 0 Å². The van der Waals surface area contributed by atoms with Gasteiger partial charge in [-0.3, -0.25) is 4.79 Å². The summed E-state index contributed by atoms with van der Waals surface area (Å²) in [5, 5.41) is 9.65. The number of benzene rings is 1. The SMILES string of the molecule is CCN(CC)C(=O)C(C)Oc1cc(F)ccc1[C@H](C)O. The average molecular weight is 283 g/mol. The summed E-state index contributed by atoms with van der Waals surface area (Å²) < 4.78 is 18.8. The number of hydrogen-bond donors (Lipinski definition) is 1. The number of carbonyl (C=O) groups excluding carboxylic acids is 1. The van der Waals surface area contributed by atoms with Gasteiger partial charge in [-0.1, -0.05) is 0 Å². The van der Waals surface area contributed by atoms with Gasteiger partial charge in [-0.15, -0.1) is 0 Å². The smallest absolute Gasteiger partial charge is 0.263 e. The molecule has 5 heteroatoms. The van der Waals surface area contributed by atoms with E-state index in [0.29, 0.717) is 18.7 Å². The van der Waals surface area contributed by atoms with E-state index in [2.05, 4.69) is 0 Å². The molecule has 0 spiro atoms. The third-order valence-electron chi connectivity index (χ3n) is 3.15. The van der Waals surface area contributed by atoms with E-state index in [1.165, 1.54) is 18.2 Å². The molecule has 0 saturated heterocycles. The number of amides is 1. The fourth-order valence-corrected chi connectivity index (χ4v) is 1.99. The normalized spacial score (nSPS) is 13.7. The van der Waals surface area contributed by atoms with Crippen molar-refractivity contribution < 1.29 is 19.0 Å². The molecule has 20 heavy (non-hydrogen) atoms. The number of aliphatic hydroxyl groups is 1. The van der Waals surface area contributed by atoms with Crippen molar-refractivity contribution in [2.24, 2.45) is 0 Å². The van der Waals surface area contributed by atoms with Crippen LogP contribution in [-0.2, 0) is 4.79 Å². The lowest BCUT2D eigenvalue weighted by Gasteiger charge is -2.24. The highest BCUT2D eigenvalue weighted by Gasteiger charge is 2.21. The first-order chi connectivity index (χ1) is 9.40. The van der Waals surface area contributed by atoms with E-state index >= 15 is 0 Å². The standard InChI is InChI=1S/C15H22FNO3/c1-5-17(6-2)15(19)11(4)20-14-9-12(16)7-8-13(14)10(3)18/h7-11,18H,5-6H2,1-4H3/t10-,11?/m0/s1. The molecule has 1 aromatic carbocycles. The van der Waals surface area contributed by atoms with Crippen molar-refractivity contribution in [1.29, 1.82) is 0 Å². The zero-order valence-electron chi connectivity index (χ0n) is 12.4. The predicted molar refractivity (Wildman–Crippen MR) is 75.1 cm³/mol. The lowest BCUT2D eigenvalue weighted by Crippen LogP contribution is -2.40. The quantitative estimate of drug-likeness (QED) is 0.872. The lowest BCUT2D eigenvalue weighted by atomic mass is 10.1. The summed E-state index contributed by atoms with van der Waals surface area (Å²) >= 11 is 0. The van der Waals surface area contributed by atoms with Crippen molar-refractivity contribution in [3.8, 4) is 5.75 Å². The Bertz CT molecular complexity index is 458. The fraction of sp³-hybridized carbons (Fsp3) is 0.533. The molecule has 0 bridgehead atoms. The zero-order chi connectivity index (χ0) is 15.3. The van der Waals surface area contributed by atoms with Crippen molar-refractivity contribution in [2.45, 2.75) is 39.9 Å². The largest absolute Gasteiger partial charge is 0.480 e. The van der Waals surface area contributed by atoms with E-state index in [-0.39, 0.29) is 11.7 Å². The molecule has 1 unspecified atom stereocenters. The number of hydrogen-bond acceptors (Lipinski definition) is 3. The van der Waals surface area contributed by atoms with Gasteiger partial charge in [0.15, 0.2) is 6.10 Å². The molecule has 0 aliphatic carbocycles. The minimum atomic E-state index is -0.790. The molecule has 1 N–H and O–H groups in total. The Morgan fingerprint density at radius 2 is 1.95 bits per heavy atom. The van der Waals surface area contributed by atoms with Gasteiger partial charge in [-0.05, 0) is 39.8 Å². The molecule has 112 valence electrons. The van der Waals surface area contributed by atoms with Gasteiger partial charge in [0.1, 0.15) is 11.6 Å². The Hall–Kier alpha value is -1.62. The fourth-order valence-electron chi connectivity index (χ4n) is 1.99. The summed E-state index contributed by atoms with van der Waals surface area (Å²) in [5.74, 6) is -0.421. The number of rotatable bonds is 6. The molecule has 4 nitrogen and oxygen atoms in total. The first-order valence-electron chi connectivity index (χ1n) is 6.83. The number of nitrogens with zero attached hydrogens (tertiary/aromatic N) is 1. The monoisotopic (exact) mass is 283 g/mol. The Labute approximate surface area is 119 Å². The number of likely N-dealkylation sites (N-methyl/N-ethyl adjacent to an activating group) is 1. The molecule has 1 amide bonds. The van der Waals surface area contributed by atoms with Gasteiger partial charge in [0.05, 0.1) is 6.10 Å². The Morgan fingerprint density at radius 1 is 1.35 bits per heavy atom. The molecule has 0 radical (unpaired) electrons. The average Bonchev–Trinajstić information content (AvgIpc) is 2.39. The van der Waals surface area contributed by atoms with Crippen LogP contribution < -0.4 is 4.74 Å². The van der Waals surface area contributed by atoms with E-state index < -0.39 is 18.0 Å². The van der Waals surface area contributed by atoms with Crippen LogP contribution in [0, 0.1) is 5.82 Å². The number of halogens is 1. The molecule has 0 saturated carbocycles. The van der Waals surface area contributed by atoms with Crippen molar-refractivity contribution >= 4 is 5.91 Å². The predicted octanol–water partition coefficient (Wildman–Crippen LogP) is 2.51. The number of ether oxygens (including phenoxy) is 1. The third-order valence-corrected chi connectivity index (χ3v) is 3.15. The molecular weight excluding hydrogens is 261 g/mol. The summed E-state index contributed by atoms with van der Waals surface area (Å²) in [7, 11) is 0. The number of carbonyl (C=O) groups is 1. The topological polar surface area (TPSA) is 49.8 Å². The van der Waals surface area contributed by atoms with Gasteiger partial charge in [0.25, 0.3) is 5.91 Å². The highest BCUT2D eigenvalue weighted by atomic mass is 19.1. The molecule has 0 aliphatic heterocycles. The van der Waals surface area contributed by atoms with Crippen LogP contribution in [0.1, 0.15) is 39.4 Å². The Kier molecular flexibility index (Phi) is 5.95. The van der Waals surface area contributed by atoms with Crippen LogP contribution in [-0.4, -0.2) is 35.1 Å².